The van der Waals surface area contributed by atoms with Gasteiger partial charge in [-0.25, -0.2) is 0 Å². The number of nitrogens with two attached hydrogens (primary N) is 1. The molecule has 3 heteroatoms. The number of halogens is 1. The quantitative estimate of drug-likeness (QED) is 0.693. The number of hydrogen-bond acceptors (Lipinski definition) is 2. The minimum absolute atomic E-state index is 0.887. The summed E-state index contributed by atoms with van der Waals surface area (Å²) in [6.07, 6.45) is 0. The van der Waals surface area contributed by atoms with Crippen LogP contribution in [0.3, 0.4) is 0 Å². The Hall–Kier alpha value is -0.0200. The Kier molecular flexibility index (Phi) is 1.82. The maximum absolute atomic E-state index is 5.67. The SMILES string of the molecule is Cc1sc(Br)c(N)c1C. The zero-order chi connectivity index (χ0) is 7.02. The van der Waals surface area contributed by atoms with Crippen molar-refractivity contribution in [1.29, 1.82) is 0 Å². The van der Waals surface area contributed by atoms with Crippen LogP contribution in [0.5, 0.6) is 0 Å². The van der Waals surface area contributed by atoms with E-state index in [4.69, 9.17) is 5.73 Å². The van der Waals surface area contributed by atoms with Crippen LogP contribution < -0.4 is 5.73 Å². The highest BCUT2D eigenvalue weighted by Gasteiger charge is 2.04. The maximum atomic E-state index is 5.67. The van der Waals surface area contributed by atoms with Crippen LogP contribution in [0.15, 0.2) is 3.79 Å². The molecule has 0 atom stereocenters. The van der Waals surface area contributed by atoms with E-state index < -0.39 is 0 Å². The number of hydrogen-bond donors (Lipinski definition) is 1. The van der Waals surface area contributed by atoms with Crippen LogP contribution in [0.1, 0.15) is 10.4 Å². The number of anilines is 1. The van der Waals surface area contributed by atoms with E-state index in [1.54, 1.807) is 11.3 Å². The lowest BCUT2D eigenvalue weighted by molar-refractivity contribution is 1.44. The molecule has 0 aromatic carbocycles. The number of rotatable bonds is 0. The largest absolute Gasteiger partial charge is 0.397 e. The van der Waals surface area contributed by atoms with Gasteiger partial charge in [-0.1, -0.05) is 0 Å². The van der Waals surface area contributed by atoms with Gasteiger partial charge in [0.25, 0.3) is 0 Å². The Balaban J connectivity index is 3.29. The first kappa shape index (κ1) is 7.09. The molecular weight excluding hydrogens is 198 g/mol. The lowest BCUT2D eigenvalue weighted by atomic mass is 10.3. The topological polar surface area (TPSA) is 26.0 Å². The molecule has 0 fully saturated rings. The number of aryl methyl sites for hydroxylation is 1. The lowest BCUT2D eigenvalue weighted by Gasteiger charge is -1.88. The summed E-state index contributed by atoms with van der Waals surface area (Å²) < 4.78 is 1.05. The second kappa shape index (κ2) is 2.31. The molecule has 0 saturated carbocycles. The van der Waals surface area contributed by atoms with E-state index in [1.807, 2.05) is 6.92 Å². The Bertz CT molecular complexity index is 207. The predicted octanol–water partition coefficient (Wildman–Crippen LogP) is 2.71. The maximum Gasteiger partial charge on any atom is 0.0933 e. The van der Waals surface area contributed by atoms with Gasteiger partial charge in [0.15, 0.2) is 0 Å². The van der Waals surface area contributed by atoms with Gasteiger partial charge in [-0.15, -0.1) is 11.3 Å². The first-order valence-electron chi connectivity index (χ1n) is 2.64. The van der Waals surface area contributed by atoms with E-state index in [0.29, 0.717) is 0 Å². The molecule has 1 aromatic heterocycles. The molecule has 0 saturated heterocycles. The van der Waals surface area contributed by atoms with Crippen molar-refractivity contribution in [3.05, 3.63) is 14.2 Å². The van der Waals surface area contributed by atoms with E-state index in [-0.39, 0.29) is 0 Å². The smallest absolute Gasteiger partial charge is 0.0933 e. The van der Waals surface area contributed by atoms with E-state index >= 15 is 0 Å². The summed E-state index contributed by atoms with van der Waals surface area (Å²) in [4.78, 5) is 1.29. The van der Waals surface area contributed by atoms with Crippen molar-refractivity contribution in [2.75, 3.05) is 5.73 Å². The molecule has 0 aliphatic rings. The second-order valence-electron chi connectivity index (χ2n) is 1.97. The van der Waals surface area contributed by atoms with Gasteiger partial charge < -0.3 is 5.73 Å². The van der Waals surface area contributed by atoms with Crippen molar-refractivity contribution in [3.63, 3.8) is 0 Å². The average Bonchev–Trinajstić information content (AvgIpc) is 1.98. The van der Waals surface area contributed by atoms with Crippen LogP contribution >= 0.6 is 27.3 Å². The molecule has 1 rings (SSSR count). The minimum atomic E-state index is 0.887. The van der Waals surface area contributed by atoms with Gasteiger partial charge in [0.1, 0.15) is 0 Å². The van der Waals surface area contributed by atoms with E-state index in [1.165, 1.54) is 10.4 Å². The van der Waals surface area contributed by atoms with Crippen molar-refractivity contribution in [3.8, 4) is 0 Å². The molecule has 0 spiro atoms. The normalized spacial score (nSPS) is 10.1. The fourth-order valence-corrected chi connectivity index (χ4v) is 2.42. The third-order valence-electron chi connectivity index (χ3n) is 1.39. The van der Waals surface area contributed by atoms with Gasteiger partial charge in [0, 0.05) is 4.88 Å². The molecule has 0 radical (unpaired) electrons. The standard InChI is InChI=1S/C6H8BrNS/c1-3-4(2)9-6(7)5(3)8/h8H2,1-2H3. The van der Waals surface area contributed by atoms with Crippen LogP contribution in [-0.2, 0) is 0 Å². The summed E-state index contributed by atoms with van der Waals surface area (Å²) in [6, 6.07) is 0. The Morgan fingerprint density at radius 2 is 2.00 bits per heavy atom. The predicted molar refractivity (Wildman–Crippen MR) is 45.9 cm³/mol. The van der Waals surface area contributed by atoms with Gasteiger partial charge in [-0.05, 0) is 35.3 Å². The summed E-state index contributed by atoms with van der Waals surface area (Å²) in [5.41, 5.74) is 7.75. The molecule has 2 N–H and O–H groups in total. The van der Waals surface area contributed by atoms with Crippen molar-refractivity contribution in [2.45, 2.75) is 13.8 Å². The van der Waals surface area contributed by atoms with Crippen molar-refractivity contribution in [2.24, 2.45) is 0 Å². The average molecular weight is 206 g/mol. The molecule has 1 nitrogen and oxygen atoms in total. The molecule has 1 heterocycles. The zero-order valence-electron chi connectivity index (χ0n) is 5.36. The van der Waals surface area contributed by atoms with E-state index in [9.17, 15) is 0 Å². The fraction of sp³-hybridized carbons (Fsp3) is 0.333. The van der Waals surface area contributed by atoms with Gasteiger partial charge >= 0.3 is 0 Å². The molecule has 0 aliphatic heterocycles. The fourth-order valence-electron chi connectivity index (χ4n) is 0.603. The van der Waals surface area contributed by atoms with Crippen LogP contribution in [0.2, 0.25) is 0 Å². The summed E-state index contributed by atoms with van der Waals surface area (Å²) in [7, 11) is 0. The van der Waals surface area contributed by atoms with Crippen molar-refractivity contribution < 1.29 is 0 Å². The molecule has 9 heavy (non-hydrogen) atoms. The highest BCUT2D eigenvalue weighted by Crippen LogP contribution is 2.33. The minimum Gasteiger partial charge on any atom is -0.397 e. The molecule has 0 bridgehead atoms. The zero-order valence-corrected chi connectivity index (χ0v) is 7.77. The first-order chi connectivity index (χ1) is 4.13. The van der Waals surface area contributed by atoms with Crippen molar-refractivity contribution in [1.82, 2.24) is 0 Å². The highest BCUT2D eigenvalue weighted by molar-refractivity contribution is 9.11. The van der Waals surface area contributed by atoms with Gasteiger partial charge in [0.05, 0.1) is 9.47 Å². The first-order valence-corrected chi connectivity index (χ1v) is 4.25. The molecule has 1 aromatic rings. The van der Waals surface area contributed by atoms with Crippen molar-refractivity contribution >= 4 is 33.0 Å². The van der Waals surface area contributed by atoms with Gasteiger partial charge in [-0.2, -0.15) is 0 Å². The third kappa shape index (κ3) is 1.12. The molecular formula is C6H8BrNS. The van der Waals surface area contributed by atoms with Crippen LogP contribution in [0, 0.1) is 13.8 Å². The monoisotopic (exact) mass is 205 g/mol. The van der Waals surface area contributed by atoms with Crippen LogP contribution in [0.4, 0.5) is 5.69 Å². The molecule has 0 unspecified atom stereocenters. The van der Waals surface area contributed by atoms with E-state index in [0.717, 1.165) is 9.47 Å². The molecule has 0 aliphatic carbocycles. The molecule has 0 amide bonds. The Labute approximate surface area is 67.0 Å². The second-order valence-corrected chi connectivity index (χ2v) is 4.51. The molecule has 50 valence electrons. The Morgan fingerprint density at radius 3 is 2.11 bits per heavy atom. The number of nitrogen functional groups attached to an aromatic ring is 1. The highest BCUT2D eigenvalue weighted by atomic mass is 79.9. The van der Waals surface area contributed by atoms with Gasteiger partial charge in [-0.3, -0.25) is 0 Å². The summed E-state index contributed by atoms with van der Waals surface area (Å²) in [5.74, 6) is 0. The summed E-state index contributed by atoms with van der Waals surface area (Å²) in [5, 5.41) is 0. The lowest BCUT2D eigenvalue weighted by Crippen LogP contribution is -1.84. The summed E-state index contributed by atoms with van der Waals surface area (Å²) in [6.45, 7) is 4.10. The van der Waals surface area contributed by atoms with Crippen LogP contribution in [0.25, 0.3) is 0 Å². The van der Waals surface area contributed by atoms with E-state index in [2.05, 4.69) is 22.9 Å². The van der Waals surface area contributed by atoms with Crippen LogP contribution in [-0.4, -0.2) is 0 Å². The Morgan fingerprint density at radius 1 is 1.44 bits per heavy atom. The number of thiophene rings is 1. The third-order valence-corrected chi connectivity index (χ3v) is 3.31. The summed E-state index contributed by atoms with van der Waals surface area (Å²) >= 11 is 5.05. The van der Waals surface area contributed by atoms with Gasteiger partial charge in [0.2, 0.25) is 0 Å².